The van der Waals surface area contributed by atoms with E-state index < -0.39 is 0 Å². The zero-order valence-electron chi connectivity index (χ0n) is 10.2. The van der Waals surface area contributed by atoms with Crippen LogP contribution in [0.4, 0.5) is 0 Å². The lowest BCUT2D eigenvalue weighted by Gasteiger charge is -2.02. The number of hydrogen-bond donors (Lipinski definition) is 0. The molecule has 19 heavy (non-hydrogen) atoms. The second-order valence-electron chi connectivity index (χ2n) is 3.97. The summed E-state index contributed by atoms with van der Waals surface area (Å²) in [6.07, 6.45) is 5.28. The first-order chi connectivity index (χ1) is 9.42. The van der Waals surface area contributed by atoms with Crippen molar-refractivity contribution in [2.45, 2.75) is 10.8 Å². The molecule has 2 heterocycles. The minimum Gasteiger partial charge on any atom is -0.289 e. The number of nitrogens with zero attached hydrogens (tertiary/aromatic N) is 4. The average molecular weight is 268 g/mol. The molecule has 0 N–H and O–H groups in total. The topological polar surface area (TPSA) is 43.6 Å². The van der Waals surface area contributed by atoms with Crippen LogP contribution in [0.3, 0.4) is 0 Å². The molecule has 2 aromatic heterocycles. The van der Waals surface area contributed by atoms with Crippen LogP contribution in [0.2, 0.25) is 0 Å². The van der Waals surface area contributed by atoms with Gasteiger partial charge in [0.05, 0.1) is 0 Å². The largest absolute Gasteiger partial charge is 0.289 e. The van der Waals surface area contributed by atoms with Crippen molar-refractivity contribution in [2.24, 2.45) is 0 Å². The third-order valence-corrected chi connectivity index (χ3v) is 3.62. The standard InChI is InChI=1S/C14H12N4S/c1-2-4-12(5-3-1)10-19-14-7-6-13(16-17-14)18-9-8-15-11-18/h1-9,11H,10H2. The SMILES string of the molecule is c1ccc(CSc2ccc(-n3ccnc3)nn2)cc1. The average Bonchev–Trinajstić information content (AvgIpc) is 3.01. The van der Waals surface area contributed by atoms with E-state index in [9.17, 15) is 0 Å². The zero-order valence-corrected chi connectivity index (χ0v) is 11.0. The van der Waals surface area contributed by atoms with E-state index in [1.54, 1.807) is 24.3 Å². The molecule has 3 rings (SSSR count). The molecular formula is C14H12N4S. The van der Waals surface area contributed by atoms with Crippen LogP contribution in [0.1, 0.15) is 5.56 Å². The summed E-state index contributed by atoms with van der Waals surface area (Å²) in [5.41, 5.74) is 1.29. The first-order valence-corrected chi connectivity index (χ1v) is 6.89. The van der Waals surface area contributed by atoms with Crippen molar-refractivity contribution in [1.82, 2.24) is 19.7 Å². The van der Waals surface area contributed by atoms with E-state index in [1.807, 2.05) is 41.1 Å². The molecule has 94 valence electrons. The Bertz CT molecular complexity index is 620. The Morgan fingerprint density at radius 3 is 2.58 bits per heavy atom. The molecule has 0 fully saturated rings. The molecule has 0 amide bonds. The maximum absolute atomic E-state index is 4.21. The third-order valence-electron chi connectivity index (χ3n) is 2.62. The molecule has 0 aliphatic heterocycles. The maximum atomic E-state index is 4.21. The van der Waals surface area contributed by atoms with E-state index in [0.717, 1.165) is 16.6 Å². The van der Waals surface area contributed by atoms with Crippen molar-refractivity contribution in [3.63, 3.8) is 0 Å². The Kier molecular flexibility index (Phi) is 3.56. The summed E-state index contributed by atoms with van der Waals surface area (Å²) in [6, 6.07) is 14.3. The van der Waals surface area contributed by atoms with Crippen LogP contribution >= 0.6 is 11.8 Å². The number of hydrogen-bond acceptors (Lipinski definition) is 4. The van der Waals surface area contributed by atoms with Crippen molar-refractivity contribution in [2.75, 3.05) is 0 Å². The summed E-state index contributed by atoms with van der Waals surface area (Å²) in [5, 5.41) is 9.32. The van der Waals surface area contributed by atoms with Gasteiger partial charge in [0.2, 0.25) is 0 Å². The molecule has 0 bridgehead atoms. The molecule has 0 aliphatic rings. The van der Waals surface area contributed by atoms with Crippen LogP contribution in [0.25, 0.3) is 5.82 Å². The summed E-state index contributed by atoms with van der Waals surface area (Å²) in [5.74, 6) is 1.68. The molecule has 0 spiro atoms. The first kappa shape index (κ1) is 11.9. The molecule has 3 aromatic rings. The van der Waals surface area contributed by atoms with Gasteiger partial charge in [-0.1, -0.05) is 42.1 Å². The summed E-state index contributed by atoms with van der Waals surface area (Å²) < 4.78 is 1.83. The molecule has 0 saturated carbocycles. The Morgan fingerprint density at radius 1 is 1.00 bits per heavy atom. The smallest absolute Gasteiger partial charge is 0.160 e. The van der Waals surface area contributed by atoms with E-state index in [-0.39, 0.29) is 0 Å². The third kappa shape index (κ3) is 3.00. The van der Waals surface area contributed by atoms with Crippen LogP contribution in [-0.4, -0.2) is 19.7 Å². The monoisotopic (exact) mass is 268 g/mol. The maximum Gasteiger partial charge on any atom is 0.160 e. The molecule has 0 aliphatic carbocycles. The predicted octanol–water partition coefficient (Wildman–Crippen LogP) is 2.95. The summed E-state index contributed by atoms with van der Waals surface area (Å²) in [7, 11) is 0. The quantitative estimate of drug-likeness (QED) is 0.682. The highest BCUT2D eigenvalue weighted by molar-refractivity contribution is 7.98. The molecule has 1 aromatic carbocycles. The molecular weight excluding hydrogens is 256 g/mol. The fourth-order valence-corrected chi connectivity index (χ4v) is 2.42. The number of aromatic nitrogens is 4. The van der Waals surface area contributed by atoms with Gasteiger partial charge in [-0.05, 0) is 17.7 Å². The minimum absolute atomic E-state index is 0.779. The van der Waals surface area contributed by atoms with Crippen molar-refractivity contribution in [1.29, 1.82) is 0 Å². The second kappa shape index (κ2) is 5.67. The highest BCUT2D eigenvalue weighted by Gasteiger charge is 2.01. The van der Waals surface area contributed by atoms with Crippen LogP contribution < -0.4 is 0 Å². The van der Waals surface area contributed by atoms with Crippen LogP contribution in [0.15, 0.2) is 66.2 Å². The summed E-state index contributed by atoms with van der Waals surface area (Å²) in [4.78, 5) is 3.99. The van der Waals surface area contributed by atoms with Gasteiger partial charge in [-0.2, -0.15) is 0 Å². The molecule has 5 heteroatoms. The fraction of sp³-hybridized carbons (Fsp3) is 0.0714. The van der Waals surface area contributed by atoms with Gasteiger partial charge in [0.1, 0.15) is 11.4 Å². The minimum atomic E-state index is 0.779. The zero-order chi connectivity index (χ0) is 12.9. The summed E-state index contributed by atoms with van der Waals surface area (Å²) in [6.45, 7) is 0. The van der Waals surface area contributed by atoms with Crippen LogP contribution in [-0.2, 0) is 5.75 Å². The number of thioether (sulfide) groups is 1. The molecule has 0 saturated heterocycles. The van der Waals surface area contributed by atoms with Crippen LogP contribution in [0, 0.1) is 0 Å². The lowest BCUT2D eigenvalue weighted by atomic mass is 10.2. The van der Waals surface area contributed by atoms with Gasteiger partial charge in [0.15, 0.2) is 5.82 Å². The van der Waals surface area contributed by atoms with E-state index in [0.29, 0.717) is 0 Å². The van der Waals surface area contributed by atoms with Crippen molar-refractivity contribution >= 4 is 11.8 Å². The number of imidazole rings is 1. The van der Waals surface area contributed by atoms with Gasteiger partial charge in [0, 0.05) is 18.1 Å². The van der Waals surface area contributed by atoms with Gasteiger partial charge >= 0.3 is 0 Å². The molecule has 0 radical (unpaired) electrons. The molecule has 0 atom stereocenters. The van der Waals surface area contributed by atoms with Gasteiger partial charge in [-0.25, -0.2) is 4.98 Å². The Labute approximate surface area is 115 Å². The van der Waals surface area contributed by atoms with Gasteiger partial charge < -0.3 is 0 Å². The van der Waals surface area contributed by atoms with E-state index in [2.05, 4.69) is 27.3 Å². The van der Waals surface area contributed by atoms with Crippen molar-refractivity contribution in [3.8, 4) is 5.82 Å². The van der Waals surface area contributed by atoms with E-state index in [4.69, 9.17) is 0 Å². The first-order valence-electron chi connectivity index (χ1n) is 5.90. The lowest BCUT2D eigenvalue weighted by Crippen LogP contribution is -1.96. The van der Waals surface area contributed by atoms with E-state index in [1.165, 1.54) is 5.56 Å². The number of benzene rings is 1. The predicted molar refractivity (Wildman–Crippen MR) is 75.2 cm³/mol. The lowest BCUT2D eigenvalue weighted by molar-refractivity contribution is 0.861. The molecule has 4 nitrogen and oxygen atoms in total. The highest BCUT2D eigenvalue weighted by Crippen LogP contribution is 2.20. The Morgan fingerprint density at radius 2 is 1.89 bits per heavy atom. The highest BCUT2D eigenvalue weighted by atomic mass is 32.2. The van der Waals surface area contributed by atoms with Gasteiger partial charge in [-0.15, -0.1) is 10.2 Å². The Balaban J connectivity index is 1.67. The van der Waals surface area contributed by atoms with E-state index >= 15 is 0 Å². The van der Waals surface area contributed by atoms with Gasteiger partial charge in [0.25, 0.3) is 0 Å². The van der Waals surface area contributed by atoms with Crippen molar-refractivity contribution in [3.05, 3.63) is 66.7 Å². The second-order valence-corrected chi connectivity index (χ2v) is 4.97. The van der Waals surface area contributed by atoms with Crippen LogP contribution in [0.5, 0.6) is 0 Å². The summed E-state index contributed by atoms with van der Waals surface area (Å²) >= 11 is 1.68. The van der Waals surface area contributed by atoms with Gasteiger partial charge in [-0.3, -0.25) is 4.57 Å². The fourth-order valence-electron chi connectivity index (χ4n) is 1.65. The number of rotatable bonds is 4. The Hall–Kier alpha value is -2.14. The van der Waals surface area contributed by atoms with Crippen molar-refractivity contribution < 1.29 is 0 Å². The normalized spacial score (nSPS) is 10.5. The molecule has 0 unspecified atom stereocenters.